The average molecular weight is 309 g/mol. The lowest BCUT2D eigenvalue weighted by Gasteiger charge is -2.11. The standard InChI is InChI=1S/C16H15N5O2/c1-8-5-11(22)20-14-10(8)6-17-15(21-14)12-13(9-3-4-9)18-7-19-16(12)23-2/h5-7,9H,3-4H2,1-2H3,(H,17,20,21,22). The molecule has 1 aliphatic carbocycles. The summed E-state index contributed by atoms with van der Waals surface area (Å²) in [6.45, 7) is 1.86. The highest BCUT2D eigenvalue weighted by atomic mass is 16.5. The van der Waals surface area contributed by atoms with E-state index < -0.39 is 0 Å². The number of nitrogens with one attached hydrogen (secondary N) is 1. The number of aromatic nitrogens is 5. The Hall–Kier alpha value is -2.83. The molecule has 0 radical (unpaired) electrons. The van der Waals surface area contributed by atoms with Crippen molar-refractivity contribution < 1.29 is 4.74 Å². The predicted molar refractivity (Wildman–Crippen MR) is 84.4 cm³/mol. The van der Waals surface area contributed by atoms with Crippen molar-refractivity contribution in [3.05, 3.63) is 40.2 Å². The van der Waals surface area contributed by atoms with Gasteiger partial charge in [0, 0.05) is 23.6 Å². The fraction of sp³-hybridized carbons (Fsp3) is 0.312. The van der Waals surface area contributed by atoms with E-state index >= 15 is 0 Å². The van der Waals surface area contributed by atoms with E-state index in [9.17, 15) is 4.79 Å². The molecule has 0 atom stereocenters. The highest BCUT2D eigenvalue weighted by Crippen LogP contribution is 2.44. The number of nitrogens with zero attached hydrogens (tertiary/aromatic N) is 4. The van der Waals surface area contributed by atoms with Crippen molar-refractivity contribution in [3.8, 4) is 17.3 Å². The minimum atomic E-state index is -0.182. The first-order valence-corrected chi connectivity index (χ1v) is 7.43. The quantitative estimate of drug-likeness (QED) is 0.795. The number of rotatable bonds is 3. The lowest BCUT2D eigenvalue weighted by atomic mass is 10.1. The maximum atomic E-state index is 11.7. The third-order valence-corrected chi connectivity index (χ3v) is 4.03. The summed E-state index contributed by atoms with van der Waals surface area (Å²) in [6.07, 6.45) is 5.41. The molecular formula is C16H15N5O2. The SMILES string of the molecule is COc1ncnc(C2CC2)c1-c1ncc2c(C)cc(=O)[nH]c2n1. The van der Waals surface area contributed by atoms with E-state index in [1.54, 1.807) is 13.3 Å². The second-order valence-electron chi connectivity index (χ2n) is 5.69. The Bertz CT molecular complexity index is 962. The van der Waals surface area contributed by atoms with Gasteiger partial charge in [0.2, 0.25) is 11.4 Å². The molecule has 4 rings (SSSR count). The van der Waals surface area contributed by atoms with Gasteiger partial charge in [0.25, 0.3) is 0 Å². The maximum absolute atomic E-state index is 11.7. The van der Waals surface area contributed by atoms with Gasteiger partial charge >= 0.3 is 0 Å². The average Bonchev–Trinajstić information content (AvgIpc) is 3.38. The Labute approximate surface area is 131 Å². The van der Waals surface area contributed by atoms with Gasteiger partial charge in [-0.2, -0.15) is 0 Å². The molecule has 23 heavy (non-hydrogen) atoms. The zero-order chi connectivity index (χ0) is 16.0. The van der Waals surface area contributed by atoms with Crippen LogP contribution in [-0.4, -0.2) is 32.0 Å². The van der Waals surface area contributed by atoms with Crippen LogP contribution in [0.15, 0.2) is 23.4 Å². The van der Waals surface area contributed by atoms with Crippen LogP contribution in [0.1, 0.15) is 30.0 Å². The van der Waals surface area contributed by atoms with Crippen LogP contribution < -0.4 is 10.3 Å². The first-order chi connectivity index (χ1) is 11.2. The van der Waals surface area contributed by atoms with Crippen LogP contribution >= 0.6 is 0 Å². The summed E-state index contributed by atoms with van der Waals surface area (Å²) in [5.41, 5.74) is 2.79. The fourth-order valence-corrected chi connectivity index (χ4v) is 2.73. The third-order valence-electron chi connectivity index (χ3n) is 4.03. The zero-order valence-corrected chi connectivity index (χ0v) is 12.8. The fourth-order valence-electron chi connectivity index (χ4n) is 2.73. The van der Waals surface area contributed by atoms with Crippen LogP contribution in [0.5, 0.6) is 5.88 Å². The Morgan fingerprint density at radius 3 is 2.83 bits per heavy atom. The third kappa shape index (κ3) is 2.34. The summed E-state index contributed by atoms with van der Waals surface area (Å²) in [5, 5.41) is 0.817. The van der Waals surface area contributed by atoms with E-state index in [-0.39, 0.29) is 5.56 Å². The molecule has 0 aliphatic heterocycles. The Balaban J connectivity index is 1.97. The van der Waals surface area contributed by atoms with Crippen molar-refractivity contribution >= 4 is 11.0 Å². The molecule has 3 aromatic heterocycles. The predicted octanol–water partition coefficient (Wildman–Crippen LogP) is 1.97. The molecular weight excluding hydrogens is 294 g/mol. The summed E-state index contributed by atoms with van der Waals surface area (Å²) in [4.78, 5) is 32.0. The van der Waals surface area contributed by atoms with Crippen molar-refractivity contribution in [2.24, 2.45) is 0 Å². The number of fused-ring (bicyclic) bond motifs is 1. The van der Waals surface area contributed by atoms with E-state index in [0.717, 1.165) is 29.5 Å². The van der Waals surface area contributed by atoms with Gasteiger partial charge in [-0.3, -0.25) is 4.79 Å². The molecule has 3 heterocycles. The molecule has 0 bridgehead atoms. The summed E-state index contributed by atoms with van der Waals surface area (Å²) in [7, 11) is 1.57. The largest absolute Gasteiger partial charge is 0.480 e. The van der Waals surface area contributed by atoms with Crippen molar-refractivity contribution in [3.63, 3.8) is 0 Å². The number of pyridine rings is 1. The molecule has 0 unspecified atom stereocenters. The van der Waals surface area contributed by atoms with Gasteiger partial charge in [0.15, 0.2) is 5.82 Å². The molecule has 1 aliphatic rings. The van der Waals surface area contributed by atoms with Crippen molar-refractivity contribution in [2.75, 3.05) is 7.11 Å². The Morgan fingerprint density at radius 2 is 2.09 bits per heavy atom. The van der Waals surface area contributed by atoms with Gasteiger partial charge in [-0.1, -0.05) is 0 Å². The zero-order valence-electron chi connectivity index (χ0n) is 12.8. The van der Waals surface area contributed by atoms with Gasteiger partial charge in [-0.05, 0) is 25.3 Å². The van der Waals surface area contributed by atoms with Gasteiger partial charge in [0.1, 0.15) is 17.5 Å². The minimum absolute atomic E-state index is 0.182. The molecule has 0 saturated heterocycles. The second-order valence-corrected chi connectivity index (χ2v) is 5.69. The number of hydrogen-bond acceptors (Lipinski definition) is 6. The first-order valence-electron chi connectivity index (χ1n) is 7.43. The van der Waals surface area contributed by atoms with Crippen LogP contribution in [0, 0.1) is 6.92 Å². The van der Waals surface area contributed by atoms with E-state index in [1.807, 2.05) is 6.92 Å². The van der Waals surface area contributed by atoms with Crippen LogP contribution in [0.3, 0.4) is 0 Å². The molecule has 7 nitrogen and oxygen atoms in total. The van der Waals surface area contributed by atoms with Crippen molar-refractivity contribution in [1.82, 2.24) is 24.9 Å². The normalized spacial score (nSPS) is 14.2. The second kappa shape index (κ2) is 5.12. The number of aryl methyl sites for hydroxylation is 1. The van der Waals surface area contributed by atoms with Gasteiger partial charge in [-0.25, -0.2) is 19.9 Å². The molecule has 0 aromatic carbocycles. The molecule has 0 spiro atoms. The van der Waals surface area contributed by atoms with E-state index in [4.69, 9.17) is 4.74 Å². The first kappa shape index (κ1) is 13.8. The smallest absolute Gasteiger partial charge is 0.249 e. The molecule has 1 fully saturated rings. The number of aromatic amines is 1. The lowest BCUT2D eigenvalue weighted by Crippen LogP contribution is -2.08. The minimum Gasteiger partial charge on any atom is -0.480 e. The van der Waals surface area contributed by atoms with Gasteiger partial charge in [-0.15, -0.1) is 0 Å². The van der Waals surface area contributed by atoms with Crippen LogP contribution in [0.25, 0.3) is 22.4 Å². The van der Waals surface area contributed by atoms with Crippen LogP contribution in [0.2, 0.25) is 0 Å². The number of hydrogen-bond donors (Lipinski definition) is 1. The highest BCUT2D eigenvalue weighted by Gasteiger charge is 2.31. The van der Waals surface area contributed by atoms with Crippen LogP contribution in [-0.2, 0) is 0 Å². The highest BCUT2D eigenvalue weighted by molar-refractivity contribution is 5.80. The van der Waals surface area contributed by atoms with Crippen LogP contribution in [0.4, 0.5) is 0 Å². The number of H-pyrrole nitrogens is 1. The molecule has 3 aromatic rings. The van der Waals surface area contributed by atoms with E-state index in [1.165, 1.54) is 12.4 Å². The van der Waals surface area contributed by atoms with E-state index in [2.05, 4.69) is 24.9 Å². The Morgan fingerprint density at radius 1 is 1.26 bits per heavy atom. The molecule has 1 N–H and O–H groups in total. The monoisotopic (exact) mass is 309 g/mol. The summed E-state index contributed by atoms with van der Waals surface area (Å²) >= 11 is 0. The molecule has 116 valence electrons. The van der Waals surface area contributed by atoms with Gasteiger partial charge in [0.05, 0.1) is 12.8 Å². The summed E-state index contributed by atoms with van der Waals surface area (Å²) < 4.78 is 5.37. The lowest BCUT2D eigenvalue weighted by molar-refractivity contribution is 0.397. The Kier molecular flexibility index (Phi) is 3.07. The van der Waals surface area contributed by atoms with Crippen molar-refractivity contribution in [2.45, 2.75) is 25.7 Å². The van der Waals surface area contributed by atoms with E-state index in [0.29, 0.717) is 28.8 Å². The molecule has 0 amide bonds. The van der Waals surface area contributed by atoms with Gasteiger partial charge < -0.3 is 9.72 Å². The summed E-state index contributed by atoms with van der Waals surface area (Å²) in [6, 6.07) is 1.53. The maximum Gasteiger partial charge on any atom is 0.249 e. The number of methoxy groups -OCH3 is 1. The summed E-state index contributed by atoms with van der Waals surface area (Å²) in [5.74, 6) is 1.33. The topological polar surface area (TPSA) is 93.6 Å². The number of ether oxygens (including phenoxy) is 1. The molecule has 1 saturated carbocycles. The molecule has 7 heteroatoms. The van der Waals surface area contributed by atoms with Crippen molar-refractivity contribution in [1.29, 1.82) is 0 Å².